The average Bonchev–Trinajstić information content (AvgIpc) is 3.51. The zero-order valence-electron chi connectivity index (χ0n) is 21.4. The van der Waals surface area contributed by atoms with Crippen LogP contribution in [0.1, 0.15) is 48.8 Å². The summed E-state index contributed by atoms with van der Waals surface area (Å²) in [6.07, 6.45) is 11.5. The van der Waals surface area contributed by atoms with Gasteiger partial charge in [-0.15, -0.1) is 29.6 Å². The van der Waals surface area contributed by atoms with Gasteiger partial charge in [-0.05, 0) is 0 Å². The van der Waals surface area contributed by atoms with Gasteiger partial charge >= 0.3 is 0 Å². The zero-order chi connectivity index (χ0) is 25.0. The molecule has 2 atom stereocenters. The van der Waals surface area contributed by atoms with Crippen LogP contribution in [0, 0.1) is 0 Å². The Labute approximate surface area is 226 Å². The molecule has 0 saturated carbocycles. The molecule has 35 heavy (non-hydrogen) atoms. The van der Waals surface area contributed by atoms with Crippen LogP contribution in [-0.2, 0) is 33.8 Å². The molecule has 0 amide bonds. The second kappa shape index (κ2) is 12.1. The molecule has 192 valence electrons. The Morgan fingerprint density at radius 3 is 1.63 bits per heavy atom. The van der Waals surface area contributed by atoms with Crippen LogP contribution in [0.3, 0.4) is 0 Å². The molecule has 0 N–H and O–H groups in total. The predicted molar refractivity (Wildman–Crippen MR) is 153 cm³/mol. The van der Waals surface area contributed by atoms with Crippen molar-refractivity contribution in [2.75, 3.05) is 0 Å². The minimum absolute atomic E-state index is 0. The second-order valence-electron chi connectivity index (χ2n) is 10.5. The van der Waals surface area contributed by atoms with Gasteiger partial charge in [0.15, 0.2) is 0 Å². The number of rotatable bonds is 5. The van der Waals surface area contributed by atoms with Crippen LogP contribution in [0.5, 0.6) is 0 Å². The standard InChI is InChI=1S/C22H31N4P2Si.C5H5.Fe/c1-21(2,3)20-16(29(4,5)6)11-15(14-27)19(20)22(28,17-12-23-7-9-25-17)18-13-24-8-10-26-18;1-2-4-5-3-1;/h7-13H,14,27-28H2,1-6H3;1-5H;/q-1;-5;. The second-order valence-corrected chi connectivity index (χ2v) is 16.8. The van der Waals surface area contributed by atoms with E-state index in [0.717, 1.165) is 17.5 Å². The fourth-order valence-corrected chi connectivity index (χ4v) is 7.12. The summed E-state index contributed by atoms with van der Waals surface area (Å²) in [4.78, 5) is 18.2. The Bertz CT molecular complexity index is 1110. The molecular formula is C27H36FeN4P2Si-6. The molecule has 0 fully saturated rings. The molecule has 8 heteroatoms. The Balaban J connectivity index is 0.000000640. The molecule has 2 aromatic carbocycles. The first kappa shape index (κ1) is 29.7. The average molecular weight is 562 g/mol. The van der Waals surface area contributed by atoms with Crippen LogP contribution in [0.2, 0.25) is 19.6 Å². The van der Waals surface area contributed by atoms with Crippen molar-refractivity contribution in [2.45, 2.75) is 57.1 Å². The summed E-state index contributed by atoms with van der Waals surface area (Å²) in [7, 11) is 4.40. The van der Waals surface area contributed by atoms with Crippen LogP contribution in [0.4, 0.5) is 0 Å². The number of nitrogens with zero attached hydrogens (tertiary/aromatic N) is 4. The first-order valence-corrected chi connectivity index (χ1v) is 16.4. The number of hydrogen-bond acceptors (Lipinski definition) is 4. The van der Waals surface area contributed by atoms with E-state index in [-0.39, 0.29) is 22.5 Å². The SMILES string of the molecule is CC(C)(C)[c-]1c([Si](C)(C)C)cc(CP)c1C(P)(c1cnccn1)c1cnccn1.[Fe].[cH-]1[cH-][cH-][cH-][cH-]1. The van der Waals surface area contributed by atoms with Gasteiger partial charge in [0.05, 0.1) is 24.6 Å². The molecule has 4 aromatic rings. The van der Waals surface area contributed by atoms with E-state index in [1.54, 1.807) is 24.8 Å². The molecule has 0 radical (unpaired) electrons. The predicted octanol–water partition coefficient (Wildman–Crippen LogP) is 5.77. The van der Waals surface area contributed by atoms with Crippen molar-refractivity contribution in [1.82, 2.24) is 19.9 Å². The molecule has 0 bridgehead atoms. The van der Waals surface area contributed by atoms with Crippen molar-refractivity contribution in [1.29, 1.82) is 0 Å². The third kappa shape index (κ3) is 6.62. The van der Waals surface area contributed by atoms with Gasteiger partial charge in [-0.3, -0.25) is 19.9 Å². The fourth-order valence-electron chi connectivity index (χ4n) is 4.31. The van der Waals surface area contributed by atoms with Crippen LogP contribution in [0.15, 0.2) is 73.6 Å². The van der Waals surface area contributed by atoms with Crippen molar-refractivity contribution in [2.24, 2.45) is 0 Å². The van der Waals surface area contributed by atoms with Crippen molar-refractivity contribution in [3.8, 4) is 0 Å². The van der Waals surface area contributed by atoms with E-state index in [1.165, 1.54) is 21.9 Å². The molecule has 0 saturated heterocycles. The molecule has 0 aliphatic heterocycles. The minimum atomic E-state index is -1.59. The summed E-state index contributed by atoms with van der Waals surface area (Å²) in [6, 6.07) is 12.4. The zero-order valence-corrected chi connectivity index (χ0v) is 25.8. The Morgan fingerprint density at radius 1 is 0.857 bits per heavy atom. The van der Waals surface area contributed by atoms with E-state index in [2.05, 4.69) is 74.9 Å². The molecule has 2 unspecified atom stereocenters. The van der Waals surface area contributed by atoms with Gasteiger partial charge in [-0.2, -0.15) is 10.8 Å². The Kier molecular flexibility index (Phi) is 10.3. The molecule has 0 spiro atoms. The Hall–Kier alpha value is -1.54. The summed E-state index contributed by atoms with van der Waals surface area (Å²) in [5.41, 5.74) is 5.73. The van der Waals surface area contributed by atoms with Gasteiger partial charge in [0.2, 0.25) is 0 Å². The monoisotopic (exact) mass is 562 g/mol. The van der Waals surface area contributed by atoms with E-state index in [1.807, 2.05) is 42.7 Å². The van der Waals surface area contributed by atoms with Gasteiger partial charge in [-0.1, -0.05) is 52.0 Å². The maximum atomic E-state index is 4.73. The quantitative estimate of drug-likeness (QED) is 0.176. The molecule has 4 nitrogen and oxygen atoms in total. The third-order valence-electron chi connectivity index (χ3n) is 5.82. The Morgan fingerprint density at radius 2 is 1.31 bits per heavy atom. The summed E-state index contributed by atoms with van der Waals surface area (Å²) in [5, 5.41) is 0.895. The van der Waals surface area contributed by atoms with Crippen molar-refractivity contribution >= 4 is 31.7 Å². The first-order valence-electron chi connectivity index (χ1n) is 11.5. The first-order chi connectivity index (χ1) is 16.0. The van der Waals surface area contributed by atoms with Crippen LogP contribution in [-0.4, -0.2) is 28.0 Å². The normalized spacial score (nSPS) is 11.9. The summed E-state index contributed by atoms with van der Waals surface area (Å²) in [6.45, 7) is 14.2. The van der Waals surface area contributed by atoms with Gasteiger partial charge < -0.3 is 30.3 Å². The third-order valence-corrected chi connectivity index (χ3v) is 9.15. The smallest absolute Gasteiger partial charge is 0.0769 e. The van der Waals surface area contributed by atoms with E-state index < -0.39 is 13.2 Å². The molecule has 2 heterocycles. The van der Waals surface area contributed by atoms with Crippen LogP contribution in [0.25, 0.3) is 0 Å². The van der Waals surface area contributed by atoms with Gasteiger partial charge in [0.1, 0.15) is 0 Å². The van der Waals surface area contributed by atoms with E-state index in [0.29, 0.717) is 0 Å². The van der Waals surface area contributed by atoms with E-state index in [4.69, 9.17) is 9.97 Å². The van der Waals surface area contributed by atoms with Crippen LogP contribution >= 0.6 is 18.5 Å². The minimum Gasteiger partial charge on any atom is -0.748 e. The maximum Gasteiger partial charge on any atom is 0.0769 e. The summed E-state index contributed by atoms with van der Waals surface area (Å²) in [5.74, 6) is 0. The van der Waals surface area contributed by atoms with E-state index >= 15 is 0 Å². The van der Waals surface area contributed by atoms with Crippen molar-refractivity contribution < 1.29 is 17.1 Å². The number of hydrogen-bond donors (Lipinski definition) is 0. The van der Waals surface area contributed by atoms with E-state index in [9.17, 15) is 0 Å². The number of aromatic nitrogens is 4. The fraction of sp³-hybridized carbons (Fsp3) is 0.333. The molecule has 0 aliphatic carbocycles. The molecule has 0 aliphatic rings. The molecule has 2 aromatic heterocycles. The molecular weight excluding hydrogens is 526 g/mol. The largest absolute Gasteiger partial charge is 0.748 e. The van der Waals surface area contributed by atoms with Gasteiger partial charge in [0.25, 0.3) is 0 Å². The summed E-state index contributed by atoms with van der Waals surface area (Å²) < 4.78 is 0. The van der Waals surface area contributed by atoms with Gasteiger partial charge in [0, 0.05) is 54.2 Å². The van der Waals surface area contributed by atoms with Crippen molar-refractivity contribution in [3.05, 3.63) is 102 Å². The maximum absolute atomic E-state index is 4.73. The topological polar surface area (TPSA) is 51.6 Å². The molecule has 4 rings (SSSR count). The van der Waals surface area contributed by atoms with Gasteiger partial charge in [-0.25, -0.2) is 6.07 Å². The summed E-state index contributed by atoms with van der Waals surface area (Å²) >= 11 is 0. The van der Waals surface area contributed by atoms with Crippen LogP contribution < -0.4 is 5.19 Å². The van der Waals surface area contributed by atoms with Crippen molar-refractivity contribution in [3.63, 3.8) is 0 Å².